The van der Waals surface area contributed by atoms with Gasteiger partial charge in [-0.2, -0.15) is 0 Å². The van der Waals surface area contributed by atoms with Gasteiger partial charge in [0.05, 0.1) is 23.7 Å². The van der Waals surface area contributed by atoms with Crippen LogP contribution >= 0.6 is 0 Å². The third kappa shape index (κ3) is 6.04. The molecule has 1 saturated heterocycles. The maximum atomic E-state index is 12.0. The van der Waals surface area contributed by atoms with E-state index in [2.05, 4.69) is 10.2 Å². The number of nitro groups is 1. The van der Waals surface area contributed by atoms with Crippen LogP contribution in [0.5, 0.6) is 11.5 Å². The molecule has 1 unspecified atom stereocenters. The Bertz CT molecular complexity index is 903. The standard InChI is InChI=1S/C18H22N4O10/c1-10(31-18(26)32-21-16(24)3-4-17(21)25)11-7-13(29-2)14(8-12(11)22(27)28)30-9-15(23)20-6-5-19/h7-8,10H,3-6,9,19H2,1-2H3,(H,20,23). The monoisotopic (exact) mass is 454 g/mol. The predicted octanol–water partition coefficient (Wildman–Crippen LogP) is 0.335. The van der Waals surface area contributed by atoms with Crippen LogP contribution in [0.15, 0.2) is 12.1 Å². The van der Waals surface area contributed by atoms with Crippen LogP contribution in [0.25, 0.3) is 0 Å². The van der Waals surface area contributed by atoms with Crippen molar-refractivity contribution in [3.05, 3.63) is 27.8 Å². The lowest BCUT2D eigenvalue weighted by Crippen LogP contribution is -2.33. The normalized spacial score (nSPS) is 14.0. The highest BCUT2D eigenvalue weighted by molar-refractivity contribution is 6.01. The van der Waals surface area contributed by atoms with Crippen molar-refractivity contribution in [2.75, 3.05) is 26.8 Å². The number of amides is 3. The van der Waals surface area contributed by atoms with E-state index in [9.17, 15) is 29.3 Å². The lowest BCUT2D eigenvalue weighted by Gasteiger charge is -2.18. The Morgan fingerprint density at radius 2 is 1.91 bits per heavy atom. The molecule has 1 aliphatic rings. The second kappa shape index (κ2) is 10.9. The summed E-state index contributed by atoms with van der Waals surface area (Å²) in [5.74, 6) is -1.96. The predicted molar refractivity (Wildman–Crippen MR) is 104 cm³/mol. The van der Waals surface area contributed by atoms with Crippen LogP contribution in [0.4, 0.5) is 10.5 Å². The summed E-state index contributed by atoms with van der Waals surface area (Å²) in [6.07, 6.45) is -2.83. The third-order valence-corrected chi connectivity index (χ3v) is 4.22. The maximum absolute atomic E-state index is 12.0. The molecule has 1 aromatic carbocycles. The molecule has 14 heteroatoms. The topological polar surface area (TPSA) is 190 Å². The van der Waals surface area contributed by atoms with Crippen LogP contribution in [0.3, 0.4) is 0 Å². The van der Waals surface area contributed by atoms with E-state index in [0.717, 1.165) is 6.07 Å². The van der Waals surface area contributed by atoms with E-state index in [0.29, 0.717) is 0 Å². The maximum Gasteiger partial charge on any atom is 0.534 e. The molecule has 0 spiro atoms. The minimum Gasteiger partial charge on any atom is -0.493 e. The number of carbonyl (C=O) groups excluding carboxylic acids is 4. The van der Waals surface area contributed by atoms with Crippen LogP contribution in [0, 0.1) is 10.1 Å². The van der Waals surface area contributed by atoms with E-state index in [1.54, 1.807) is 0 Å². The highest BCUT2D eigenvalue weighted by Crippen LogP contribution is 2.38. The van der Waals surface area contributed by atoms with Crippen molar-refractivity contribution in [1.82, 2.24) is 10.4 Å². The molecule has 174 valence electrons. The molecule has 2 rings (SSSR count). The fourth-order valence-electron chi connectivity index (χ4n) is 2.69. The zero-order valence-electron chi connectivity index (χ0n) is 17.3. The molecule has 3 N–H and O–H groups in total. The average molecular weight is 454 g/mol. The first kappa shape index (κ1) is 24.3. The van der Waals surface area contributed by atoms with Crippen molar-refractivity contribution < 1.29 is 43.1 Å². The summed E-state index contributed by atoms with van der Waals surface area (Å²) in [7, 11) is 1.27. The minimum absolute atomic E-state index is 0.0333. The number of nitrogens with two attached hydrogens (primary N) is 1. The van der Waals surface area contributed by atoms with Crippen molar-refractivity contribution in [3.63, 3.8) is 0 Å². The number of imide groups is 1. The van der Waals surface area contributed by atoms with Crippen molar-refractivity contribution >= 4 is 29.6 Å². The van der Waals surface area contributed by atoms with Crippen LogP contribution in [0.2, 0.25) is 0 Å². The van der Waals surface area contributed by atoms with Gasteiger partial charge in [-0.3, -0.25) is 29.3 Å². The third-order valence-electron chi connectivity index (χ3n) is 4.22. The highest BCUT2D eigenvalue weighted by Gasteiger charge is 2.34. The Labute approximate surface area is 181 Å². The molecule has 1 heterocycles. The molecule has 1 aliphatic heterocycles. The molecule has 1 aromatic rings. The van der Waals surface area contributed by atoms with Crippen LogP contribution in [-0.2, 0) is 24.0 Å². The largest absolute Gasteiger partial charge is 0.534 e. The Kier molecular flexibility index (Phi) is 8.29. The zero-order valence-corrected chi connectivity index (χ0v) is 17.3. The number of methoxy groups -OCH3 is 1. The second-order valence-electron chi connectivity index (χ2n) is 6.43. The van der Waals surface area contributed by atoms with Crippen LogP contribution < -0.4 is 20.5 Å². The first-order chi connectivity index (χ1) is 15.2. The number of rotatable bonds is 10. The quantitative estimate of drug-likeness (QED) is 0.214. The Balaban J connectivity index is 2.17. The lowest BCUT2D eigenvalue weighted by molar-refractivity contribution is -0.386. The molecule has 0 aliphatic carbocycles. The van der Waals surface area contributed by atoms with Crippen molar-refractivity contribution in [1.29, 1.82) is 0 Å². The molecule has 0 radical (unpaired) electrons. The Hall–Kier alpha value is -3.94. The van der Waals surface area contributed by atoms with Gasteiger partial charge in [0, 0.05) is 25.9 Å². The molecule has 3 amide bonds. The molecule has 0 bridgehead atoms. The van der Waals surface area contributed by atoms with Gasteiger partial charge in [0.2, 0.25) is 0 Å². The van der Waals surface area contributed by atoms with E-state index < -0.39 is 47.2 Å². The summed E-state index contributed by atoms with van der Waals surface area (Å²) < 4.78 is 15.4. The fraction of sp³-hybridized carbons (Fsp3) is 0.444. The molecule has 0 saturated carbocycles. The molecule has 1 fully saturated rings. The Morgan fingerprint density at radius 3 is 2.47 bits per heavy atom. The zero-order chi connectivity index (χ0) is 23.8. The average Bonchev–Trinajstić information content (AvgIpc) is 3.07. The number of benzene rings is 1. The lowest BCUT2D eigenvalue weighted by atomic mass is 10.1. The summed E-state index contributed by atoms with van der Waals surface area (Å²) >= 11 is 0. The molecule has 1 atom stereocenters. The van der Waals surface area contributed by atoms with E-state index >= 15 is 0 Å². The minimum atomic E-state index is -1.40. The van der Waals surface area contributed by atoms with Gasteiger partial charge in [0.25, 0.3) is 23.4 Å². The smallest absolute Gasteiger partial charge is 0.493 e. The second-order valence-corrected chi connectivity index (χ2v) is 6.43. The number of nitrogens with zero attached hydrogens (tertiary/aromatic N) is 2. The molecule has 0 aromatic heterocycles. The van der Waals surface area contributed by atoms with Crippen LogP contribution in [-0.4, -0.2) is 60.7 Å². The van der Waals surface area contributed by atoms with Crippen molar-refractivity contribution in [3.8, 4) is 11.5 Å². The fourth-order valence-corrected chi connectivity index (χ4v) is 2.69. The first-order valence-electron chi connectivity index (χ1n) is 9.38. The highest BCUT2D eigenvalue weighted by atomic mass is 16.8. The summed E-state index contributed by atoms with van der Waals surface area (Å²) in [4.78, 5) is 62.1. The van der Waals surface area contributed by atoms with Crippen molar-refractivity contribution in [2.24, 2.45) is 5.73 Å². The molecule has 32 heavy (non-hydrogen) atoms. The van der Waals surface area contributed by atoms with E-state index in [-0.39, 0.29) is 48.1 Å². The van der Waals surface area contributed by atoms with Gasteiger partial charge in [0.1, 0.15) is 6.10 Å². The summed E-state index contributed by atoms with van der Waals surface area (Å²) in [6, 6.07) is 2.22. The number of nitro benzene ring substituents is 1. The number of ether oxygens (including phenoxy) is 3. The number of carbonyl (C=O) groups is 4. The Morgan fingerprint density at radius 1 is 1.25 bits per heavy atom. The van der Waals surface area contributed by atoms with Crippen LogP contribution in [0.1, 0.15) is 31.4 Å². The molecular weight excluding hydrogens is 432 g/mol. The van der Waals surface area contributed by atoms with Crippen molar-refractivity contribution in [2.45, 2.75) is 25.9 Å². The number of hydrogen-bond acceptors (Lipinski definition) is 11. The number of nitrogens with one attached hydrogen (secondary N) is 1. The van der Waals surface area contributed by atoms with Gasteiger partial charge >= 0.3 is 6.16 Å². The first-order valence-corrected chi connectivity index (χ1v) is 9.38. The van der Waals surface area contributed by atoms with E-state index in [1.165, 1.54) is 20.1 Å². The molecule has 14 nitrogen and oxygen atoms in total. The van der Waals surface area contributed by atoms with Gasteiger partial charge in [0.15, 0.2) is 18.1 Å². The van der Waals surface area contributed by atoms with Gasteiger partial charge in [-0.05, 0) is 13.0 Å². The number of hydroxylamine groups is 2. The van der Waals surface area contributed by atoms with E-state index in [4.69, 9.17) is 19.9 Å². The summed E-state index contributed by atoms with van der Waals surface area (Å²) in [6.45, 7) is 1.34. The molecular formula is C18H22N4O10. The summed E-state index contributed by atoms with van der Waals surface area (Å²) in [5.41, 5.74) is 4.72. The van der Waals surface area contributed by atoms with Gasteiger partial charge < -0.3 is 25.3 Å². The van der Waals surface area contributed by atoms with Gasteiger partial charge in [-0.25, -0.2) is 4.79 Å². The number of hydrogen-bond donors (Lipinski definition) is 2. The van der Waals surface area contributed by atoms with Gasteiger partial charge in [-0.15, -0.1) is 0 Å². The van der Waals surface area contributed by atoms with Gasteiger partial charge in [-0.1, -0.05) is 5.06 Å². The summed E-state index contributed by atoms with van der Waals surface area (Å²) in [5, 5.41) is 14.3. The van der Waals surface area contributed by atoms with E-state index in [1.807, 2.05) is 0 Å². The SMILES string of the molecule is COc1cc(C(C)OC(=O)ON2C(=O)CCC2=O)c([N+](=O)[O-])cc1OCC(=O)NCCN.